The molecule has 2 heterocycles. The summed E-state index contributed by atoms with van der Waals surface area (Å²) in [4.78, 5) is 17.2. The number of ether oxygens (including phenoxy) is 1. The summed E-state index contributed by atoms with van der Waals surface area (Å²) < 4.78 is 6.09. The summed E-state index contributed by atoms with van der Waals surface area (Å²) in [7, 11) is 0. The number of nitrogens with zero attached hydrogens (tertiary/aromatic N) is 1. The van der Waals surface area contributed by atoms with Crippen LogP contribution in [0.2, 0.25) is 0 Å². The predicted molar refractivity (Wildman–Crippen MR) is 135 cm³/mol. The third-order valence-electron chi connectivity index (χ3n) is 10.6. The Hall–Kier alpha value is -1.94. The average molecular weight is 461 g/mol. The second-order valence-corrected chi connectivity index (χ2v) is 12.1. The number of hydrogen-bond donors (Lipinski definition) is 1. The molecule has 34 heavy (non-hydrogen) atoms. The Morgan fingerprint density at radius 2 is 1.85 bits per heavy atom. The highest BCUT2D eigenvalue weighted by Gasteiger charge is 2.57. The van der Waals surface area contributed by atoms with Crippen LogP contribution in [0.3, 0.4) is 0 Å². The molecule has 0 radical (unpaired) electrons. The highest BCUT2D eigenvalue weighted by atomic mass is 16.5. The molecule has 1 saturated heterocycles. The molecule has 4 aliphatic carbocycles. The number of nitrogens with one attached hydrogen (secondary N) is 1. The minimum atomic E-state index is 0.0535. The molecule has 6 rings (SSSR count). The van der Waals surface area contributed by atoms with E-state index in [0.717, 1.165) is 62.9 Å². The van der Waals surface area contributed by atoms with Crippen LogP contribution in [0.1, 0.15) is 77.2 Å². The standard InChI is InChI=1S/C30H40N2O2/c1-29-13-9-23(34-28(33)20-11-16-31-17-12-20)18-22(29)5-6-24-26-8-7-25(21-4-3-15-32-19-21)30(26,2)14-10-27(24)29/h3-5,7,15,19-20,23-24,26-27,31H,6,8-14,16-18H2,1-2H3/t23-,24-,26-,27-,29?,30+/m0/s1. The molecule has 0 aromatic carbocycles. The average Bonchev–Trinajstić information content (AvgIpc) is 3.22. The molecule has 0 bridgehead atoms. The molecule has 4 nitrogen and oxygen atoms in total. The highest BCUT2D eigenvalue weighted by molar-refractivity contribution is 5.73. The van der Waals surface area contributed by atoms with Crippen LogP contribution in [-0.4, -0.2) is 30.1 Å². The summed E-state index contributed by atoms with van der Waals surface area (Å²) in [6, 6.07) is 4.32. The van der Waals surface area contributed by atoms with Crippen LogP contribution in [-0.2, 0) is 9.53 Å². The zero-order valence-electron chi connectivity index (χ0n) is 20.9. The van der Waals surface area contributed by atoms with Gasteiger partial charge in [-0.05, 0) is 110 Å². The number of carbonyl (C=O) groups is 1. The van der Waals surface area contributed by atoms with E-state index >= 15 is 0 Å². The number of fused-ring (bicyclic) bond motifs is 5. The first kappa shape index (κ1) is 22.5. The summed E-state index contributed by atoms with van der Waals surface area (Å²) >= 11 is 0. The van der Waals surface area contributed by atoms with Crippen LogP contribution < -0.4 is 5.32 Å². The van der Waals surface area contributed by atoms with Gasteiger partial charge in [0.05, 0.1) is 5.92 Å². The van der Waals surface area contributed by atoms with Gasteiger partial charge in [-0.2, -0.15) is 0 Å². The number of esters is 1. The molecule has 1 N–H and O–H groups in total. The normalized spacial score (nSPS) is 39.8. The Morgan fingerprint density at radius 3 is 2.65 bits per heavy atom. The SMILES string of the molecule is CC12CC[C@H](OC(=O)C3CCNCC3)CC1=CC[C@@H]1[C@@H]2CC[C@]2(C)C(c3cccnc3)=CC[C@@H]12. The Kier molecular flexibility index (Phi) is 5.71. The van der Waals surface area contributed by atoms with Gasteiger partial charge in [0.15, 0.2) is 0 Å². The van der Waals surface area contributed by atoms with Crippen molar-refractivity contribution in [3.63, 3.8) is 0 Å². The Bertz CT molecular complexity index is 994. The summed E-state index contributed by atoms with van der Waals surface area (Å²) in [6.45, 7) is 6.94. The molecule has 6 atom stereocenters. The highest BCUT2D eigenvalue weighted by Crippen LogP contribution is 2.66. The summed E-state index contributed by atoms with van der Waals surface area (Å²) in [5.41, 5.74) is 5.00. The fourth-order valence-corrected chi connectivity index (χ4v) is 8.58. The number of carbonyl (C=O) groups excluding carboxylic acids is 1. The molecule has 3 fully saturated rings. The molecule has 5 aliphatic rings. The molecule has 1 aromatic rings. The molecule has 1 aromatic heterocycles. The van der Waals surface area contributed by atoms with Gasteiger partial charge in [0.2, 0.25) is 0 Å². The molecular formula is C30H40N2O2. The number of hydrogen-bond acceptors (Lipinski definition) is 4. The van der Waals surface area contributed by atoms with Crippen molar-refractivity contribution in [1.82, 2.24) is 10.3 Å². The lowest BCUT2D eigenvalue weighted by Gasteiger charge is -2.58. The maximum atomic E-state index is 12.8. The largest absolute Gasteiger partial charge is 0.462 e. The molecule has 4 heteroatoms. The number of pyridine rings is 1. The van der Waals surface area contributed by atoms with E-state index in [1.807, 2.05) is 6.20 Å². The fraction of sp³-hybridized carbons (Fsp3) is 0.667. The van der Waals surface area contributed by atoms with Crippen molar-refractivity contribution in [2.75, 3.05) is 13.1 Å². The Balaban J connectivity index is 1.17. The lowest BCUT2D eigenvalue weighted by molar-refractivity contribution is -0.157. The third kappa shape index (κ3) is 3.59. The van der Waals surface area contributed by atoms with Crippen LogP contribution in [0.25, 0.3) is 5.57 Å². The second kappa shape index (κ2) is 8.62. The van der Waals surface area contributed by atoms with Crippen LogP contribution in [0.4, 0.5) is 0 Å². The third-order valence-corrected chi connectivity index (χ3v) is 10.6. The molecule has 0 spiro atoms. The van der Waals surface area contributed by atoms with Gasteiger partial charge < -0.3 is 10.1 Å². The summed E-state index contributed by atoms with van der Waals surface area (Å²) in [6.07, 6.45) is 19.1. The van der Waals surface area contributed by atoms with Gasteiger partial charge in [-0.15, -0.1) is 0 Å². The molecule has 0 amide bonds. The van der Waals surface area contributed by atoms with Crippen molar-refractivity contribution in [2.24, 2.45) is 34.5 Å². The van der Waals surface area contributed by atoms with E-state index in [1.54, 1.807) is 5.57 Å². The van der Waals surface area contributed by atoms with Crippen molar-refractivity contribution in [3.05, 3.63) is 47.8 Å². The number of allylic oxidation sites excluding steroid dienone is 3. The maximum absolute atomic E-state index is 12.8. The number of aromatic nitrogens is 1. The number of piperidine rings is 1. The van der Waals surface area contributed by atoms with Crippen LogP contribution in [0.15, 0.2) is 42.3 Å². The van der Waals surface area contributed by atoms with Crippen molar-refractivity contribution in [2.45, 2.75) is 77.7 Å². The lowest BCUT2D eigenvalue weighted by Crippen LogP contribution is -2.50. The Morgan fingerprint density at radius 1 is 1.03 bits per heavy atom. The minimum Gasteiger partial charge on any atom is -0.462 e. The lowest BCUT2D eigenvalue weighted by atomic mass is 9.47. The van der Waals surface area contributed by atoms with E-state index in [2.05, 4.69) is 54.6 Å². The van der Waals surface area contributed by atoms with E-state index in [4.69, 9.17) is 4.74 Å². The number of rotatable bonds is 3. The summed E-state index contributed by atoms with van der Waals surface area (Å²) in [5, 5.41) is 3.35. The van der Waals surface area contributed by atoms with Crippen LogP contribution in [0, 0.1) is 34.5 Å². The smallest absolute Gasteiger partial charge is 0.309 e. The van der Waals surface area contributed by atoms with Gasteiger partial charge in [-0.3, -0.25) is 9.78 Å². The molecule has 182 valence electrons. The Labute approximate surface area is 204 Å². The van der Waals surface area contributed by atoms with E-state index in [-0.39, 0.29) is 28.8 Å². The van der Waals surface area contributed by atoms with Crippen LogP contribution >= 0.6 is 0 Å². The molecule has 2 saturated carbocycles. The molecule has 1 aliphatic heterocycles. The van der Waals surface area contributed by atoms with Crippen molar-refractivity contribution in [3.8, 4) is 0 Å². The van der Waals surface area contributed by atoms with Crippen LogP contribution in [0.5, 0.6) is 0 Å². The van der Waals surface area contributed by atoms with Gasteiger partial charge in [0.25, 0.3) is 0 Å². The first-order chi connectivity index (χ1) is 16.5. The van der Waals surface area contributed by atoms with Gasteiger partial charge in [-0.1, -0.05) is 37.6 Å². The van der Waals surface area contributed by atoms with Crippen molar-refractivity contribution >= 4 is 11.5 Å². The van der Waals surface area contributed by atoms with Gasteiger partial charge >= 0.3 is 5.97 Å². The summed E-state index contributed by atoms with van der Waals surface area (Å²) in [5.74, 6) is 2.39. The van der Waals surface area contributed by atoms with Crippen molar-refractivity contribution in [1.29, 1.82) is 0 Å². The topological polar surface area (TPSA) is 51.2 Å². The monoisotopic (exact) mass is 460 g/mol. The molecule has 1 unspecified atom stereocenters. The zero-order valence-corrected chi connectivity index (χ0v) is 20.9. The fourth-order valence-electron chi connectivity index (χ4n) is 8.58. The van der Waals surface area contributed by atoms with Gasteiger partial charge in [0, 0.05) is 18.8 Å². The first-order valence-electron chi connectivity index (χ1n) is 13.7. The van der Waals surface area contributed by atoms with Crippen molar-refractivity contribution < 1.29 is 9.53 Å². The quantitative estimate of drug-likeness (QED) is 0.447. The van der Waals surface area contributed by atoms with E-state index in [1.165, 1.54) is 36.8 Å². The first-order valence-corrected chi connectivity index (χ1v) is 13.7. The maximum Gasteiger partial charge on any atom is 0.309 e. The van der Waals surface area contributed by atoms with E-state index in [9.17, 15) is 4.79 Å². The minimum absolute atomic E-state index is 0.0535. The second-order valence-electron chi connectivity index (χ2n) is 12.1. The zero-order chi connectivity index (χ0) is 23.3. The van der Waals surface area contributed by atoms with Gasteiger partial charge in [-0.25, -0.2) is 0 Å². The molecular weight excluding hydrogens is 420 g/mol. The van der Waals surface area contributed by atoms with E-state index in [0.29, 0.717) is 0 Å². The van der Waals surface area contributed by atoms with E-state index < -0.39 is 0 Å². The predicted octanol–water partition coefficient (Wildman–Crippen LogP) is 5.95. The van der Waals surface area contributed by atoms with Gasteiger partial charge in [0.1, 0.15) is 6.10 Å².